The number of fused-ring (bicyclic) bond motifs is 2. The zero-order valence-electron chi connectivity index (χ0n) is 12.4. The van der Waals surface area contributed by atoms with Crippen molar-refractivity contribution >= 4 is 33.2 Å². The van der Waals surface area contributed by atoms with Gasteiger partial charge in [0.25, 0.3) is 0 Å². The van der Waals surface area contributed by atoms with Crippen LogP contribution in [0.15, 0.2) is 48.8 Å². The van der Waals surface area contributed by atoms with Crippen molar-refractivity contribution in [2.24, 2.45) is 0 Å². The van der Waals surface area contributed by atoms with Gasteiger partial charge < -0.3 is 5.11 Å². The van der Waals surface area contributed by atoms with Crippen molar-refractivity contribution < 1.29 is 19.0 Å². The second kappa shape index (κ2) is 5.20. The van der Waals surface area contributed by atoms with Gasteiger partial charge in [0.1, 0.15) is 0 Å². The van der Waals surface area contributed by atoms with Gasteiger partial charge in [-0.2, -0.15) is 0 Å². The van der Waals surface area contributed by atoms with Gasteiger partial charge in [-0.15, -0.1) is 10.8 Å². The van der Waals surface area contributed by atoms with E-state index in [4.69, 9.17) is 0 Å². The molecule has 0 aliphatic carbocycles. The molecule has 1 aliphatic rings. The molecule has 2 heterocycles. The van der Waals surface area contributed by atoms with Crippen LogP contribution >= 0.6 is 10.8 Å². The number of hydrogen-bond acceptors (Lipinski definition) is 5. The molecule has 4 rings (SSSR count). The molecule has 0 saturated carbocycles. The Bertz CT molecular complexity index is 987. The number of aromatic carboxylic acids is 1. The van der Waals surface area contributed by atoms with Crippen molar-refractivity contribution in [3.05, 3.63) is 59.9 Å². The highest BCUT2D eigenvalue weighted by Crippen LogP contribution is 2.51. The summed E-state index contributed by atoms with van der Waals surface area (Å²) in [6.45, 7) is 0. The Balaban J connectivity index is 1.88. The lowest BCUT2D eigenvalue weighted by atomic mass is 9.97. The van der Waals surface area contributed by atoms with Crippen LogP contribution in [0.5, 0.6) is 0 Å². The summed E-state index contributed by atoms with van der Waals surface area (Å²) in [5.74, 6) is -0.818. The van der Waals surface area contributed by atoms with E-state index in [1.807, 2.05) is 12.1 Å². The highest BCUT2D eigenvalue weighted by Gasteiger charge is 2.24. The Labute approximate surface area is 139 Å². The highest BCUT2D eigenvalue weighted by atomic mass is 32.3. The van der Waals surface area contributed by atoms with E-state index in [9.17, 15) is 19.0 Å². The minimum absolute atomic E-state index is 0.161. The first-order valence-corrected chi connectivity index (χ1v) is 8.92. The van der Waals surface area contributed by atoms with Crippen molar-refractivity contribution in [3.8, 4) is 11.1 Å². The molecule has 122 valence electrons. The average Bonchev–Trinajstić information content (AvgIpc) is 2.86. The zero-order chi connectivity index (χ0) is 16.9. The van der Waals surface area contributed by atoms with E-state index < -0.39 is 16.7 Å². The van der Waals surface area contributed by atoms with Crippen LogP contribution in [-0.2, 0) is 5.75 Å². The number of carboxylic acid groups (broad SMARTS) is 1. The third kappa shape index (κ3) is 2.48. The summed E-state index contributed by atoms with van der Waals surface area (Å²) in [7, 11) is -2.81. The number of benzene rings is 2. The quantitative estimate of drug-likeness (QED) is 0.557. The first-order chi connectivity index (χ1) is 11.4. The molecule has 24 heavy (non-hydrogen) atoms. The Morgan fingerprint density at radius 1 is 1.12 bits per heavy atom. The lowest BCUT2D eigenvalue weighted by Gasteiger charge is -2.26. The largest absolute Gasteiger partial charge is 0.478 e. The van der Waals surface area contributed by atoms with Crippen molar-refractivity contribution in [1.29, 1.82) is 0 Å². The molecule has 0 bridgehead atoms. The fraction of sp³-hybridized carbons (Fsp3) is 0.0588. The highest BCUT2D eigenvalue weighted by molar-refractivity contribution is 8.25. The van der Waals surface area contributed by atoms with E-state index in [1.165, 1.54) is 0 Å². The third-order valence-corrected chi connectivity index (χ3v) is 5.31. The monoisotopic (exact) mass is 342 g/mol. The summed E-state index contributed by atoms with van der Waals surface area (Å²) < 4.78 is 22.3. The predicted molar refractivity (Wildman–Crippen MR) is 94.3 cm³/mol. The SMILES string of the molecule is O=C(O)c1ccc2cncc(-c3ccc4c(c3)CS(O)(O)N4)c2c1. The van der Waals surface area contributed by atoms with E-state index in [2.05, 4.69) is 9.71 Å². The molecule has 0 spiro atoms. The van der Waals surface area contributed by atoms with Gasteiger partial charge in [-0.25, -0.2) is 4.79 Å². The number of carboxylic acids is 1. The molecule has 4 N–H and O–H groups in total. The van der Waals surface area contributed by atoms with Crippen LogP contribution in [0.1, 0.15) is 15.9 Å². The van der Waals surface area contributed by atoms with Crippen LogP contribution in [0.4, 0.5) is 5.69 Å². The smallest absolute Gasteiger partial charge is 0.335 e. The zero-order valence-corrected chi connectivity index (χ0v) is 13.2. The van der Waals surface area contributed by atoms with Gasteiger partial charge >= 0.3 is 5.97 Å². The topological polar surface area (TPSA) is 103 Å². The molecule has 3 aromatic rings. The summed E-state index contributed by atoms with van der Waals surface area (Å²) in [6, 6.07) is 10.5. The molecule has 0 amide bonds. The van der Waals surface area contributed by atoms with Gasteiger partial charge in [0.2, 0.25) is 0 Å². The molecule has 7 heteroatoms. The van der Waals surface area contributed by atoms with Crippen molar-refractivity contribution in [1.82, 2.24) is 4.98 Å². The normalized spacial score (nSPS) is 16.4. The molecule has 2 aromatic carbocycles. The predicted octanol–water partition coefficient (Wildman–Crippen LogP) is 4.19. The number of nitrogens with one attached hydrogen (secondary N) is 1. The minimum atomic E-state index is -2.81. The second-order valence-corrected chi connectivity index (χ2v) is 7.54. The Kier molecular flexibility index (Phi) is 3.24. The van der Waals surface area contributed by atoms with Crippen molar-refractivity contribution in [2.45, 2.75) is 5.75 Å². The fourth-order valence-corrected chi connectivity index (χ4v) is 4.23. The fourth-order valence-electron chi connectivity index (χ4n) is 2.94. The maximum atomic E-state index is 11.2. The molecule has 0 radical (unpaired) electrons. The van der Waals surface area contributed by atoms with Crippen molar-refractivity contribution in [3.63, 3.8) is 0 Å². The Morgan fingerprint density at radius 3 is 2.75 bits per heavy atom. The van der Waals surface area contributed by atoms with Gasteiger partial charge in [0.15, 0.2) is 0 Å². The van der Waals surface area contributed by atoms with Crippen molar-refractivity contribution in [2.75, 3.05) is 4.72 Å². The van der Waals surface area contributed by atoms with Gasteiger partial charge in [-0.1, -0.05) is 12.1 Å². The first kappa shape index (κ1) is 14.9. The number of nitrogens with zero attached hydrogens (tertiary/aromatic N) is 1. The molecular formula is C17H14N2O4S. The molecule has 0 fully saturated rings. The lowest BCUT2D eigenvalue weighted by molar-refractivity contribution is 0.0697. The number of hydrogen-bond donors (Lipinski definition) is 4. The van der Waals surface area contributed by atoms with Gasteiger partial charge in [0.05, 0.1) is 17.0 Å². The summed E-state index contributed by atoms with van der Waals surface area (Å²) >= 11 is 0. The third-order valence-electron chi connectivity index (χ3n) is 4.05. The van der Waals surface area contributed by atoms with Crippen LogP contribution in [0.25, 0.3) is 21.9 Å². The molecule has 0 unspecified atom stereocenters. The number of rotatable bonds is 2. The number of carbonyl (C=O) groups is 1. The standard InChI is InChI=1S/C17H14N2O4S/c20-17(21)11-1-2-12-7-18-8-15(14(12)6-11)10-3-4-16-13(5-10)9-24(22,23)19-16/h1-8,19,22-23H,9H2,(H,20,21). The average molecular weight is 342 g/mol. The van der Waals surface area contributed by atoms with E-state index in [0.29, 0.717) is 5.69 Å². The van der Waals surface area contributed by atoms with Crippen LogP contribution in [0, 0.1) is 0 Å². The van der Waals surface area contributed by atoms with E-state index in [1.54, 1.807) is 36.7 Å². The molecule has 0 atom stereocenters. The number of aromatic nitrogens is 1. The summed E-state index contributed by atoms with van der Waals surface area (Å²) in [5, 5.41) is 10.9. The molecule has 1 aliphatic heterocycles. The maximum absolute atomic E-state index is 11.2. The molecular weight excluding hydrogens is 328 g/mol. The Morgan fingerprint density at radius 2 is 1.96 bits per heavy atom. The van der Waals surface area contributed by atoms with E-state index in [-0.39, 0.29) is 11.3 Å². The lowest BCUT2D eigenvalue weighted by Crippen LogP contribution is -2.01. The molecule has 1 aromatic heterocycles. The van der Waals surface area contributed by atoms with E-state index >= 15 is 0 Å². The summed E-state index contributed by atoms with van der Waals surface area (Å²) in [6.07, 6.45) is 3.38. The second-order valence-electron chi connectivity index (χ2n) is 5.71. The Hall–Kier alpha value is -2.61. The van der Waals surface area contributed by atoms with Gasteiger partial charge in [-0.3, -0.25) is 18.8 Å². The summed E-state index contributed by atoms with van der Waals surface area (Å²) in [5.41, 5.74) is 3.40. The molecule has 6 nitrogen and oxygen atoms in total. The minimum Gasteiger partial charge on any atom is -0.478 e. The first-order valence-electron chi connectivity index (χ1n) is 7.21. The number of pyridine rings is 1. The molecule has 0 saturated heterocycles. The van der Waals surface area contributed by atoms with Crippen LogP contribution in [0.2, 0.25) is 0 Å². The van der Waals surface area contributed by atoms with Crippen LogP contribution in [-0.4, -0.2) is 25.2 Å². The number of anilines is 1. The van der Waals surface area contributed by atoms with Crippen LogP contribution in [0.3, 0.4) is 0 Å². The maximum Gasteiger partial charge on any atom is 0.335 e. The van der Waals surface area contributed by atoms with Crippen LogP contribution < -0.4 is 4.72 Å². The van der Waals surface area contributed by atoms with Gasteiger partial charge in [0, 0.05) is 23.3 Å². The summed E-state index contributed by atoms with van der Waals surface area (Å²) in [4.78, 5) is 15.5. The van der Waals surface area contributed by atoms with E-state index in [0.717, 1.165) is 27.5 Å². The van der Waals surface area contributed by atoms with Gasteiger partial charge in [-0.05, 0) is 40.8 Å².